The molecule has 31 heavy (non-hydrogen) atoms. The fourth-order valence-corrected chi connectivity index (χ4v) is 4.53. The first-order chi connectivity index (χ1) is 14.8. The second-order valence-corrected chi connectivity index (χ2v) is 8.88. The number of phenolic OH excluding ortho intramolecular Hbond substituents is 1. The number of carbonyl (C=O) groups excluding carboxylic acids is 1. The SMILES string of the molecule is C[C@@H]1CN(C[C@H](Cc2ccccc2)C(=O)NCC(=O)O)CC[C@@]1(C)c1cccc(O)c1. The zero-order valence-electron chi connectivity index (χ0n) is 18.3. The molecule has 0 radical (unpaired) electrons. The summed E-state index contributed by atoms with van der Waals surface area (Å²) in [6.07, 6.45) is 1.49. The van der Waals surface area contributed by atoms with Crippen LogP contribution in [-0.2, 0) is 21.4 Å². The van der Waals surface area contributed by atoms with Crippen molar-refractivity contribution in [1.29, 1.82) is 0 Å². The topological polar surface area (TPSA) is 89.9 Å². The number of piperidine rings is 1. The molecule has 1 aliphatic heterocycles. The van der Waals surface area contributed by atoms with Crippen LogP contribution in [0.2, 0.25) is 0 Å². The maximum atomic E-state index is 12.8. The molecule has 3 N–H and O–H groups in total. The molecule has 6 nitrogen and oxygen atoms in total. The van der Waals surface area contributed by atoms with Crippen molar-refractivity contribution in [3.63, 3.8) is 0 Å². The van der Waals surface area contributed by atoms with Crippen LogP contribution in [0.25, 0.3) is 0 Å². The molecule has 3 atom stereocenters. The average Bonchev–Trinajstić information content (AvgIpc) is 2.75. The molecule has 0 aliphatic carbocycles. The van der Waals surface area contributed by atoms with Crippen molar-refractivity contribution in [2.45, 2.75) is 32.1 Å². The monoisotopic (exact) mass is 424 g/mol. The van der Waals surface area contributed by atoms with E-state index in [0.29, 0.717) is 18.9 Å². The Morgan fingerprint density at radius 1 is 1.19 bits per heavy atom. The minimum atomic E-state index is -1.04. The molecule has 2 aromatic rings. The molecule has 2 aromatic carbocycles. The molecule has 1 fully saturated rings. The lowest BCUT2D eigenvalue weighted by Gasteiger charge is -2.45. The van der Waals surface area contributed by atoms with Crippen molar-refractivity contribution in [3.8, 4) is 5.75 Å². The third-order valence-electron chi connectivity index (χ3n) is 6.66. The van der Waals surface area contributed by atoms with E-state index in [4.69, 9.17) is 5.11 Å². The Kier molecular flexibility index (Phi) is 7.33. The first-order valence-corrected chi connectivity index (χ1v) is 10.8. The molecule has 166 valence electrons. The maximum Gasteiger partial charge on any atom is 0.322 e. The van der Waals surface area contributed by atoms with Crippen LogP contribution in [0.15, 0.2) is 54.6 Å². The van der Waals surface area contributed by atoms with Crippen LogP contribution in [-0.4, -0.2) is 53.2 Å². The van der Waals surface area contributed by atoms with Gasteiger partial charge < -0.3 is 20.4 Å². The summed E-state index contributed by atoms with van der Waals surface area (Å²) in [4.78, 5) is 26.0. The van der Waals surface area contributed by atoms with E-state index >= 15 is 0 Å². The number of carboxylic acid groups (broad SMARTS) is 1. The Bertz CT molecular complexity index is 901. The van der Waals surface area contributed by atoms with Crippen LogP contribution < -0.4 is 5.32 Å². The van der Waals surface area contributed by atoms with Crippen molar-refractivity contribution in [2.24, 2.45) is 11.8 Å². The van der Waals surface area contributed by atoms with Gasteiger partial charge in [-0.15, -0.1) is 0 Å². The first kappa shape index (κ1) is 22.8. The molecule has 3 rings (SSSR count). The number of nitrogens with zero attached hydrogens (tertiary/aromatic N) is 1. The van der Waals surface area contributed by atoms with Crippen molar-refractivity contribution in [3.05, 3.63) is 65.7 Å². The quantitative estimate of drug-likeness (QED) is 0.606. The van der Waals surface area contributed by atoms with E-state index in [-0.39, 0.29) is 29.5 Å². The fourth-order valence-electron chi connectivity index (χ4n) is 4.53. The minimum absolute atomic E-state index is 0.0459. The van der Waals surface area contributed by atoms with E-state index < -0.39 is 5.97 Å². The summed E-state index contributed by atoms with van der Waals surface area (Å²) in [7, 11) is 0. The number of nitrogens with one attached hydrogen (secondary N) is 1. The van der Waals surface area contributed by atoms with Gasteiger partial charge in [0.1, 0.15) is 12.3 Å². The number of aliphatic carboxylic acids is 1. The normalized spacial score (nSPS) is 22.6. The molecule has 0 aromatic heterocycles. The highest BCUT2D eigenvalue weighted by molar-refractivity contribution is 5.83. The lowest BCUT2D eigenvalue weighted by molar-refractivity contribution is -0.138. The standard InChI is InChI=1S/C25H32N2O4/c1-18-16-27(12-11-25(18,2)21-9-6-10-22(28)14-21)17-20(24(31)26-15-23(29)30)13-19-7-4-3-5-8-19/h3-10,14,18,20,28H,11-13,15-17H2,1-2H3,(H,26,31)(H,29,30)/t18-,20+,25-/m1/s1. The Labute approximate surface area is 183 Å². The highest BCUT2D eigenvalue weighted by Gasteiger charge is 2.39. The second-order valence-electron chi connectivity index (χ2n) is 8.88. The van der Waals surface area contributed by atoms with E-state index in [9.17, 15) is 14.7 Å². The molecular weight excluding hydrogens is 392 g/mol. The molecule has 1 amide bonds. The van der Waals surface area contributed by atoms with E-state index in [1.807, 2.05) is 42.5 Å². The molecule has 0 saturated carbocycles. The van der Waals surface area contributed by atoms with Gasteiger partial charge in [-0.05, 0) is 54.0 Å². The van der Waals surface area contributed by atoms with Crippen molar-refractivity contribution in [2.75, 3.05) is 26.2 Å². The van der Waals surface area contributed by atoms with Gasteiger partial charge in [-0.1, -0.05) is 56.3 Å². The molecular formula is C25H32N2O4. The Hall–Kier alpha value is -2.86. The van der Waals surface area contributed by atoms with Crippen LogP contribution in [0.4, 0.5) is 0 Å². The van der Waals surface area contributed by atoms with Gasteiger partial charge in [0.15, 0.2) is 0 Å². The van der Waals surface area contributed by atoms with Crippen LogP contribution >= 0.6 is 0 Å². The number of benzene rings is 2. The summed E-state index contributed by atoms with van der Waals surface area (Å²) in [6.45, 7) is 6.35. The van der Waals surface area contributed by atoms with Crippen molar-refractivity contribution >= 4 is 11.9 Å². The maximum absolute atomic E-state index is 12.8. The zero-order valence-corrected chi connectivity index (χ0v) is 18.3. The van der Waals surface area contributed by atoms with Gasteiger partial charge in [0.25, 0.3) is 0 Å². The van der Waals surface area contributed by atoms with Gasteiger partial charge >= 0.3 is 5.97 Å². The number of amides is 1. The van der Waals surface area contributed by atoms with E-state index in [0.717, 1.165) is 30.6 Å². The highest BCUT2D eigenvalue weighted by atomic mass is 16.4. The van der Waals surface area contributed by atoms with E-state index in [1.54, 1.807) is 6.07 Å². The lowest BCUT2D eigenvalue weighted by atomic mass is 9.68. The predicted molar refractivity (Wildman–Crippen MR) is 120 cm³/mol. The van der Waals surface area contributed by atoms with Gasteiger partial charge in [-0.2, -0.15) is 0 Å². The molecule has 6 heteroatoms. The summed E-state index contributed by atoms with van der Waals surface area (Å²) in [5.41, 5.74) is 2.16. The van der Waals surface area contributed by atoms with Crippen LogP contribution in [0.1, 0.15) is 31.4 Å². The van der Waals surface area contributed by atoms with Crippen LogP contribution in [0, 0.1) is 11.8 Å². The molecule has 1 aliphatic rings. The smallest absolute Gasteiger partial charge is 0.322 e. The lowest BCUT2D eigenvalue weighted by Crippen LogP contribution is -2.50. The fraction of sp³-hybridized carbons (Fsp3) is 0.440. The van der Waals surface area contributed by atoms with E-state index in [1.165, 1.54) is 0 Å². The Morgan fingerprint density at radius 2 is 1.94 bits per heavy atom. The first-order valence-electron chi connectivity index (χ1n) is 10.8. The number of hydrogen-bond acceptors (Lipinski definition) is 4. The number of rotatable bonds is 8. The molecule has 0 spiro atoms. The molecule has 1 heterocycles. The van der Waals surface area contributed by atoms with Crippen LogP contribution in [0.3, 0.4) is 0 Å². The number of hydrogen-bond donors (Lipinski definition) is 3. The number of phenols is 1. The Balaban J connectivity index is 1.69. The van der Waals surface area contributed by atoms with Gasteiger partial charge in [0.05, 0.1) is 5.92 Å². The summed E-state index contributed by atoms with van der Waals surface area (Å²) in [5.74, 6) is -0.964. The van der Waals surface area contributed by atoms with Crippen LogP contribution in [0.5, 0.6) is 5.75 Å². The van der Waals surface area contributed by atoms with Gasteiger partial charge in [-0.3, -0.25) is 9.59 Å². The number of likely N-dealkylation sites (tertiary alicyclic amines) is 1. The zero-order chi connectivity index (χ0) is 22.4. The second kappa shape index (κ2) is 9.96. The van der Waals surface area contributed by atoms with Crippen molar-refractivity contribution < 1.29 is 19.8 Å². The summed E-state index contributed by atoms with van der Waals surface area (Å²) in [5, 5.41) is 21.4. The number of carboxylic acids is 1. The van der Waals surface area contributed by atoms with E-state index in [2.05, 4.69) is 30.1 Å². The van der Waals surface area contributed by atoms with Gasteiger partial charge in [0, 0.05) is 13.1 Å². The molecule has 1 saturated heterocycles. The minimum Gasteiger partial charge on any atom is -0.508 e. The summed E-state index contributed by atoms with van der Waals surface area (Å²) >= 11 is 0. The third kappa shape index (κ3) is 5.85. The number of carbonyl (C=O) groups is 2. The predicted octanol–water partition coefficient (Wildman–Crippen LogP) is 3.05. The largest absolute Gasteiger partial charge is 0.508 e. The third-order valence-corrected chi connectivity index (χ3v) is 6.66. The molecule has 0 bridgehead atoms. The van der Waals surface area contributed by atoms with Gasteiger partial charge in [-0.25, -0.2) is 0 Å². The van der Waals surface area contributed by atoms with Gasteiger partial charge in [0.2, 0.25) is 5.91 Å². The molecule has 0 unspecified atom stereocenters. The highest BCUT2D eigenvalue weighted by Crippen LogP contribution is 2.40. The van der Waals surface area contributed by atoms with Crippen molar-refractivity contribution in [1.82, 2.24) is 10.2 Å². The number of aromatic hydroxyl groups is 1. The summed E-state index contributed by atoms with van der Waals surface area (Å²) < 4.78 is 0. The summed E-state index contributed by atoms with van der Waals surface area (Å²) in [6, 6.07) is 17.3. The average molecular weight is 425 g/mol. The Morgan fingerprint density at radius 3 is 2.58 bits per heavy atom.